The van der Waals surface area contributed by atoms with E-state index in [1.54, 1.807) is 13.0 Å². The third kappa shape index (κ3) is 4.29. The molecule has 0 saturated carbocycles. The quantitative estimate of drug-likeness (QED) is 0.673. The Morgan fingerprint density at radius 3 is 2.64 bits per heavy atom. The van der Waals surface area contributed by atoms with Crippen molar-refractivity contribution in [3.8, 4) is 5.75 Å². The Balaban J connectivity index is 1.94. The Bertz CT molecular complexity index is 526. The summed E-state index contributed by atoms with van der Waals surface area (Å²) in [5, 5.41) is 0. The third-order valence-electron chi connectivity index (χ3n) is 3.93. The number of hydrogen-bond donors (Lipinski definition) is 0. The number of rotatable bonds is 7. The highest BCUT2D eigenvalue weighted by molar-refractivity contribution is 5.31. The molecule has 1 heterocycles. The van der Waals surface area contributed by atoms with E-state index in [-0.39, 0.29) is 5.75 Å². The predicted octanol–water partition coefficient (Wildman–Crippen LogP) is 4.81. The van der Waals surface area contributed by atoms with Gasteiger partial charge in [0.15, 0.2) is 11.6 Å². The highest BCUT2D eigenvalue weighted by Crippen LogP contribution is 2.25. The van der Waals surface area contributed by atoms with Crippen LogP contribution < -0.4 is 4.74 Å². The normalized spacial score (nSPS) is 18.2. The summed E-state index contributed by atoms with van der Waals surface area (Å²) in [6.07, 6.45) is 6.78. The molecule has 0 radical (unpaired) electrons. The molecule has 22 heavy (non-hydrogen) atoms. The monoisotopic (exact) mass is 310 g/mol. The molecule has 0 spiro atoms. The first-order chi connectivity index (χ1) is 10.7. The van der Waals surface area contributed by atoms with Crippen LogP contribution in [0.4, 0.5) is 8.78 Å². The van der Waals surface area contributed by atoms with Gasteiger partial charge in [0.25, 0.3) is 0 Å². The van der Waals surface area contributed by atoms with E-state index in [1.165, 1.54) is 11.6 Å². The molecule has 0 fully saturated rings. The smallest absolute Gasteiger partial charge is 0.200 e. The van der Waals surface area contributed by atoms with Crippen LogP contribution in [0.2, 0.25) is 0 Å². The zero-order valence-electron chi connectivity index (χ0n) is 13.3. The Morgan fingerprint density at radius 2 is 2.00 bits per heavy atom. The first kappa shape index (κ1) is 16.9. The van der Waals surface area contributed by atoms with Crippen LogP contribution in [-0.2, 0) is 11.2 Å². The summed E-state index contributed by atoms with van der Waals surface area (Å²) in [6, 6.07) is 3.10. The van der Waals surface area contributed by atoms with Crippen molar-refractivity contribution >= 4 is 0 Å². The van der Waals surface area contributed by atoms with Crippen LogP contribution in [0.15, 0.2) is 23.8 Å². The van der Waals surface area contributed by atoms with Crippen LogP contribution in [0.3, 0.4) is 0 Å². The molecule has 1 aromatic carbocycles. The van der Waals surface area contributed by atoms with E-state index >= 15 is 0 Å². The van der Waals surface area contributed by atoms with Gasteiger partial charge in [-0.2, -0.15) is 4.39 Å². The van der Waals surface area contributed by atoms with Crippen LogP contribution >= 0.6 is 0 Å². The zero-order chi connectivity index (χ0) is 15.9. The Kier molecular flexibility index (Phi) is 6.37. The Labute approximate surface area is 131 Å². The fourth-order valence-corrected chi connectivity index (χ4v) is 2.67. The van der Waals surface area contributed by atoms with Gasteiger partial charge in [-0.15, -0.1) is 0 Å². The SMILES string of the molecule is CCCC1CC=C(CCc2ccc(OCC)c(F)c2F)CO1. The van der Waals surface area contributed by atoms with E-state index in [2.05, 4.69) is 13.0 Å². The van der Waals surface area contributed by atoms with E-state index in [0.29, 0.717) is 37.7 Å². The second-order valence-electron chi connectivity index (χ2n) is 5.60. The average molecular weight is 310 g/mol. The summed E-state index contributed by atoms with van der Waals surface area (Å²) in [6.45, 7) is 4.81. The Morgan fingerprint density at radius 1 is 1.18 bits per heavy atom. The molecule has 1 aliphatic heterocycles. The van der Waals surface area contributed by atoms with Gasteiger partial charge in [-0.3, -0.25) is 0 Å². The number of aryl methyl sites for hydroxylation is 1. The molecule has 0 aromatic heterocycles. The van der Waals surface area contributed by atoms with Crippen molar-refractivity contribution in [1.29, 1.82) is 0 Å². The number of halogens is 2. The van der Waals surface area contributed by atoms with Crippen molar-refractivity contribution < 1.29 is 18.3 Å². The minimum atomic E-state index is -0.892. The molecule has 0 amide bonds. The molecule has 1 atom stereocenters. The van der Waals surface area contributed by atoms with Crippen molar-refractivity contribution in [2.45, 2.75) is 52.1 Å². The minimum absolute atomic E-state index is 0.0219. The van der Waals surface area contributed by atoms with Gasteiger partial charge in [-0.25, -0.2) is 4.39 Å². The van der Waals surface area contributed by atoms with E-state index in [9.17, 15) is 8.78 Å². The van der Waals surface area contributed by atoms with Gasteiger partial charge in [-0.1, -0.05) is 25.5 Å². The molecule has 1 aliphatic rings. The van der Waals surface area contributed by atoms with Crippen LogP contribution in [0.5, 0.6) is 5.75 Å². The van der Waals surface area contributed by atoms with E-state index in [1.807, 2.05) is 0 Å². The average Bonchev–Trinajstić information content (AvgIpc) is 2.53. The largest absolute Gasteiger partial charge is 0.491 e. The summed E-state index contributed by atoms with van der Waals surface area (Å²) >= 11 is 0. The van der Waals surface area contributed by atoms with Crippen LogP contribution in [-0.4, -0.2) is 19.3 Å². The first-order valence-electron chi connectivity index (χ1n) is 8.04. The number of hydrogen-bond acceptors (Lipinski definition) is 2. The van der Waals surface area contributed by atoms with E-state index < -0.39 is 11.6 Å². The van der Waals surface area contributed by atoms with Crippen molar-refractivity contribution in [2.75, 3.05) is 13.2 Å². The molecule has 0 aliphatic carbocycles. The van der Waals surface area contributed by atoms with Crippen molar-refractivity contribution in [3.05, 3.63) is 41.0 Å². The maximum Gasteiger partial charge on any atom is 0.200 e. The topological polar surface area (TPSA) is 18.5 Å². The lowest BCUT2D eigenvalue weighted by molar-refractivity contribution is 0.0539. The Hall–Kier alpha value is -1.42. The second-order valence-corrected chi connectivity index (χ2v) is 5.60. The molecule has 4 heteroatoms. The molecule has 1 aromatic rings. The van der Waals surface area contributed by atoms with Gasteiger partial charge < -0.3 is 9.47 Å². The van der Waals surface area contributed by atoms with Crippen LogP contribution in [0.1, 0.15) is 45.1 Å². The van der Waals surface area contributed by atoms with Gasteiger partial charge in [-0.05, 0) is 49.8 Å². The fourth-order valence-electron chi connectivity index (χ4n) is 2.67. The summed E-state index contributed by atoms with van der Waals surface area (Å²) in [5.41, 5.74) is 1.55. The van der Waals surface area contributed by atoms with Crippen LogP contribution in [0.25, 0.3) is 0 Å². The maximum atomic E-state index is 14.0. The lowest BCUT2D eigenvalue weighted by atomic mass is 10.00. The molecular weight excluding hydrogens is 286 g/mol. The summed E-state index contributed by atoms with van der Waals surface area (Å²) in [7, 11) is 0. The number of ether oxygens (including phenoxy) is 2. The molecule has 2 rings (SSSR count). The van der Waals surface area contributed by atoms with Gasteiger partial charge in [0, 0.05) is 0 Å². The maximum absolute atomic E-state index is 14.0. The van der Waals surface area contributed by atoms with Crippen molar-refractivity contribution in [3.63, 3.8) is 0 Å². The van der Waals surface area contributed by atoms with Gasteiger partial charge in [0.05, 0.1) is 19.3 Å². The van der Waals surface area contributed by atoms with E-state index in [0.717, 1.165) is 19.3 Å². The molecule has 0 N–H and O–H groups in total. The highest BCUT2D eigenvalue weighted by Gasteiger charge is 2.17. The molecule has 0 bridgehead atoms. The highest BCUT2D eigenvalue weighted by atomic mass is 19.2. The van der Waals surface area contributed by atoms with Gasteiger partial charge in [0.2, 0.25) is 5.82 Å². The van der Waals surface area contributed by atoms with Crippen molar-refractivity contribution in [1.82, 2.24) is 0 Å². The lowest BCUT2D eigenvalue weighted by Crippen LogP contribution is -2.18. The minimum Gasteiger partial charge on any atom is -0.491 e. The number of benzene rings is 1. The standard InChI is InChI=1S/C18H24F2O2/c1-3-5-15-10-7-13(12-22-15)6-8-14-9-11-16(21-4-2)18(20)17(14)19/h7,9,11,15H,3-6,8,10,12H2,1-2H3. The third-order valence-corrected chi connectivity index (χ3v) is 3.93. The molecular formula is C18H24F2O2. The molecule has 122 valence electrons. The van der Waals surface area contributed by atoms with Gasteiger partial charge in [0.1, 0.15) is 0 Å². The van der Waals surface area contributed by atoms with E-state index in [4.69, 9.17) is 9.47 Å². The zero-order valence-corrected chi connectivity index (χ0v) is 13.3. The van der Waals surface area contributed by atoms with Gasteiger partial charge >= 0.3 is 0 Å². The summed E-state index contributed by atoms with van der Waals surface area (Å²) in [5.74, 6) is -1.71. The summed E-state index contributed by atoms with van der Waals surface area (Å²) in [4.78, 5) is 0. The molecule has 1 unspecified atom stereocenters. The van der Waals surface area contributed by atoms with Crippen molar-refractivity contribution in [2.24, 2.45) is 0 Å². The second kappa shape index (κ2) is 8.28. The first-order valence-corrected chi connectivity index (χ1v) is 8.04. The van der Waals surface area contributed by atoms with Crippen LogP contribution in [0, 0.1) is 11.6 Å². The predicted molar refractivity (Wildman–Crippen MR) is 83.2 cm³/mol. The molecule has 2 nitrogen and oxygen atoms in total. The fraction of sp³-hybridized carbons (Fsp3) is 0.556. The molecule has 0 saturated heterocycles. The summed E-state index contributed by atoms with van der Waals surface area (Å²) < 4.78 is 38.6. The lowest BCUT2D eigenvalue weighted by Gasteiger charge is -2.22.